The molecule has 0 radical (unpaired) electrons. The maximum atomic E-state index is 11.4. The number of carboxylic acids is 1. The molecule has 4 nitrogen and oxygen atoms in total. The Morgan fingerprint density at radius 1 is 1.42 bits per heavy atom. The van der Waals surface area contributed by atoms with E-state index < -0.39 is 11.5 Å². The zero-order valence-corrected chi connectivity index (χ0v) is 13.1. The predicted octanol–water partition coefficient (Wildman–Crippen LogP) is 2.34. The highest BCUT2D eigenvalue weighted by Crippen LogP contribution is 2.25. The summed E-state index contributed by atoms with van der Waals surface area (Å²) in [5, 5.41) is 12.7. The van der Waals surface area contributed by atoms with Gasteiger partial charge in [-0.2, -0.15) is 0 Å². The minimum absolute atomic E-state index is 0.424. The molecular formula is C15H30N2O2. The highest BCUT2D eigenvalue weighted by molar-refractivity contribution is 5.78. The van der Waals surface area contributed by atoms with Crippen LogP contribution in [0.25, 0.3) is 0 Å². The topological polar surface area (TPSA) is 52.6 Å². The van der Waals surface area contributed by atoms with Crippen molar-refractivity contribution in [1.82, 2.24) is 10.2 Å². The van der Waals surface area contributed by atoms with Crippen molar-refractivity contribution in [2.75, 3.05) is 13.6 Å². The van der Waals surface area contributed by atoms with Gasteiger partial charge in [0.15, 0.2) is 0 Å². The predicted molar refractivity (Wildman–Crippen MR) is 78.4 cm³/mol. The van der Waals surface area contributed by atoms with Crippen molar-refractivity contribution in [3.05, 3.63) is 0 Å². The third-order valence-corrected chi connectivity index (χ3v) is 4.42. The molecule has 0 bridgehead atoms. The van der Waals surface area contributed by atoms with E-state index in [4.69, 9.17) is 0 Å². The zero-order chi connectivity index (χ0) is 14.6. The normalized spacial score (nSPS) is 20.6. The van der Waals surface area contributed by atoms with E-state index in [0.29, 0.717) is 24.4 Å². The summed E-state index contributed by atoms with van der Waals surface area (Å²) in [6.07, 6.45) is 3.84. The molecule has 0 amide bonds. The molecule has 2 N–H and O–H groups in total. The van der Waals surface area contributed by atoms with Crippen LogP contribution in [-0.2, 0) is 4.79 Å². The SMILES string of the molecule is CC(C)C(C)N(C)CCCC(C)(NC1CC1)C(=O)O. The highest BCUT2D eigenvalue weighted by atomic mass is 16.4. The standard InChI is InChI=1S/C15H30N2O2/c1-11(2)12(3)17(5)10-6-9-15(4,14(18)19)16-13-7-8-13/h11-13,16H,6-10H2,1-5H3,(H,18,19). The largest absolute Gasteiger partial charge is 0.480 e. The molecule has 2 unspecified atom stereocenters. The third kappa shape index (κ3) is 5.11. The number of nitrogens with one attached hydrogen (secondary N) is 1. The summed E-state index contributed by atoms with van der Waals surface area (Å²) in [5.74, 6) is -0.0978. The Morgan fingerprint density at radius 3 is 2.42 bits per heavy atom. The average Bonchev–Trinajstić information content (AvgIpc) is 3.11. The number of aliphatic carboxylic acids is 1. The van der Waals surface area contributed by atoms with Crippen molar-refractivity contribution in [3.63, 3.8) is 0 Å². The van der Waals surface area contributed by atoms with Gasteiger partial charge in [-0.25, -0.2) is 0 Å². The van der Waals surface area contributed by atoms with Gasteiger partial charge < -0.3 is 10.0 Å². The zero-order valence-electron chi connectivity index (χ0n) is 13.1. The number of hydrogen-bond donors (Lipinski definition) is 2. The fourth-order valence-electron chi connectivity index (χ4n) is 2.31. The van der Waals surface area contributed by atoms with Gasteiger partial charge in [0.1, 0.15) is 5.54 Å². The minimum atomic E-state index is -0.761. The average molecular weight is 270 g/mol. The van der Waals surface area contributed by atoms with Gasteiger partial charge in [-0.05, 0) is 59.0 Å². The van der Waals surface area contributed by atoms with Gasteiger partial charge in [0.25, 0.3) is 0 Å². The molecule has 112 valence electrons. The molecule has 0 aromatic carbocycles. The number of carboxylic acid groups (broad SMARTS) is 1. The van der Waals surface area contributed by atoms with E-state index >= 15 is 0 Å². The van der Waals surface area contributed by atoms with E-state index in [1.807, 2.05) is 6.92 Å². The Kier molecular flexibility index (Phi) is 5.81. The van der Waals surface area contributed by atoms with Crippen molar-refractivity contribution in [2.24, 2.45) is 5.92 Å². The van der Waals surface area contributed by atoms with E-state index in [2.05, 4.69) is 38.0 Å². The van der Waals surface area contributed by atoms with Crippen molar-refractivity contribution in [1.29, 1.82) is 0 Å². The van der Waals surface area contributed by atoms with Gasteiger partial charge in [-0.3, -0.25) is 10.1 Å². The smallest absolute Gasteiger partial charge is 0.323 e. The molecule has 1 saturated carbocycles. The summed E-state index contributed by atoms with van der Waals surface area (Å²) in [6, 6.07) is 0.959. The number of carbonyl (C=O) groups is 1. The lowest BCUT2D eigenvalue weighted by Crippen LogP contribution is -2.51. The van der Waals surface area contributed by atoms with E-state index in [9.17, 15) is 9.90 Å². The first kappa shape index (κ1) is 16.4. The first-order chi connectivity index (χ1) is 8.76. The first-order valence-electron chi connectivity index (χ1n) is 7.47. The lowest BCUT2D eigenvalue weighted by Gasteiger charge is -2.30. The van der Waals surface area contributed by atoms with E-state index in [1.165, 1.54) is 0 Å². The molecular weight excluding hydrogens is 240 g/mol. The molecule has 1 aliphatic rings. The quantitative estimate of drug-likeness (QED) is 0.675. The molecule has 0 aliphatic heterocycles. The second kappa shape index (κ2) is 6.71. The summed E-state index contributed by atoms with van der Waals surface area (Å²) in [4.78, 5) is 13.7. The van der Waals surface area contributed by atoms with Crippen LogP contribution in [0.4, 0.5) is 0 Å². The second-order valence-corrected chi connectivity index (χ2v) is 6.62. The Bertz CT molecular complexity index is 303. The van der Waals surface area contributed by atoms with Crippen LogP contribution in [0.5, 0.6) is 0 Å². The van der Waals surface area contributed by atoms with Crippen molar-refractivity contribution >= 4 is 5.97 Å². The van der Waals surface area contributed by atoms with Crippen molar-refractivity contribution in [3.8, 4) is 0 Å². The lowest BCUT2D eigenvalue weighted by atomic mass is 9.95. The third-order valence-electron chi connectivity index (χ3n) is 4.42. The molecule has 19 heavy (non-hydrogen) atoms. The van der Waals surface area contributed by atoms with E-state index in [0.717, 1.165) is 25.8 Å². The summed E-state index contributed by atoms with van der Waals surface area (Å²) in [6.45, 7) is 9.44. The van der Waals surface area contributed by atoms with Crippen LogP contribution >= 0.6 is 0 Å². The number of rotatable bonds is 9. The molecule has 0 aromatic heterocycles. The van der Waals surface area contributed by atoms with Gasteiger partial charge in [-0.1, -0.05) is 13.8 Å². The van der Waals surface area contributed by atoms with Crippen LogP contribution in [-0.4, -0.2) is 47.2 Å². The van der Waals surface area contributed by atoms with E-state index in [-0.39, 0.29) is 0 Å². The first-order valence-corrected chi connectivity index (χ1v) is 7.47. The Labute approximate surface area is 117 Å². The van der Waals surface area contributed by atoms with Crippen LogP contribution in [0.1, 0.15) is 53.4 Å². The summed E-state index contributed by atoms with van der Waals surface area (Å²) in [5.41, 5.74) is -0.761. The fourth-order valence-corrected chi connectivity index (χ4v) is 2.31. The van der Waals surface area contributed by atoms with Gasteiger partial charge in [0.05, 0.1) is 0 Å². The van der Waals surface area contributed by atoms with Crippen molar-refractivity contribution < 1.29 is 9.90 Å². The molecule has 4 heteroatoms. The Balaban J connectivity index is 2.37. The van der Waals surface area contributed by atoms with Gasteiger partial charge in [-0.15, -0.1) is 0 Å². The minimum Gasteiger partial charge on any atom is -0.480 e. The molecule has 1 rings (SSSR count). The summed E-state index contributed by atoms with van der Waals surface area (Å²) >= 11 is 0. The van der Waals surface area contributed by atoms with Crippen molar-refractivity contribution in [2.45, 2.75) is 71.0 Å². The molecule has 2 atom stereocenters. The fraction of sp³-hybridized carbons (Fsp3) is 0.933. The van der Waals surface area contributed by atoms with Crippen LogP contribution in [0.3, 0.4) is 0 Å². The highest BCUT2D eigenvalue weighted by Gasteiger charge is 2.37. The molecule has 0 heterocycles. The second-order valence-electron chi connectivity index (χ2n) is 6.62. The van der Waals surface area contributed by atoms with Crippen LogP contribution in [0.15, 0.2) is 0 Å². The van der Waals surface area contributed by atoms with Crippen LogP contribution in [0, 0.1) is 5.92 Å². The molecule has 0 spiro atoms. The Hall–Kier alpha value is -0.610. The summed E-state index contributed by atoms with van der Waals surface area (Å²) < 4.78 is 0. The van der Waals surface area contributed by atoms with Gasteiger partial charge >= 0.3 is 5.97 Å². The number of nitrogens with zero attached hydrogens (tertiary/aromatic N) is 1. The molecule has 0 aromatic rings. The monoisotopic (exact) mass is 270 g/mol. The van der Waals surface area contributed by atoms with E-state index in [1.54, 1.807) is 0 Å². The maximum absolute atomic E-state index is 11.4. The van der Waals surface area contributed by atoms with Gasteiger partial charge in [0, 0.05) is 12.1 Å². The van der Waals surface area contributed by atoms with Gasteiger partial charge in [0.2, 0.25) is 0 Å². The molecule has 1 fully saturated rings. The lowest BCUT2D eigenvalue weighted by molar-refractivity contribution is -0.144. The number of hydrogen-bond acceptors (Lipinski definition) is 3. The molecule has 0 saturated heterocycles. The maximum Gasteiger partial charge on any atom is 0.323 e. The van der Waals surface area contributed by atoms with Crippen LogP contribution in [0.2, 0.25) is 0 Å². The Morgan fingerprint density at radius 2 is 2.00 bits per heavy atom. The molecule has 1 aliphatic carbocycles. The summed E-state index contributed by atoms with van der Waals surface area (Å²) in [7, 11) is 2.12. The van der Waals surface area contributed by atoms with Crippen LogP contribution < -0.4 is 5.32 Å².